The third-order valence-corrected chi connectivity index (χ3v) is 5.39. The number of piperidine rings is 1. The highest BCUT2D eigenvalue weighted by Crippen LogP contribution is 2.26. The van der Waals surface area contributed by atoms with Gasteiger partial charge < -0.3 is 4.98 Å². The Bertz CT molecular complexity index is 616. The first kappa shape index (κ1) is 14.6. The minimum Gasteiger partial charge on any atom is -0.326 e. The SMILES string of the molecule is CC1CC(C)CN(S(=O)(=O)c2c[nH]c(=O)c(Cl)c2)C1. The number of nitrogens with zero attached hydrogens (tertiary/aromatic N) is 1. The van der Waals surface area contributed by atoms with E-state index in [1.54, 1.807) is 0 Å². The van der Waals surface area contributed by atoms with Crippen molar-refractivity contribution in [2.75, 3.05) is 13.1 Å². The van der Waals surface area contributed by atoms with E-state index in [4.69, 9.17) is 11.6 Å². The highest BCUT2D eigenvalue weighted by atomic mass is 35.5. The fourth-order valence-electron chi connectivity index (χ4n) is 2.54. The molecule has 19 heavy (non-hydrogen) atoms. The predicted octanol–water partition coefficient (Wildman–Crippen LogP) is 1.69. The summed E-state index contributed by atoms with van der Waals surface area (Å²) in [6.45, 7) is 5.09. The van der Waals surface area contributed by atoms with Crippen molar-refractivity contribution in [2.24, 2.45) is 11.8 Å². The summed E-state index contributed by atoms with van der Waals surface area (Å²) >= 11 is 5.69. The van der Waals surface area contributed by atoms with E-state index in [1.807, 2.05) is 13.8 Å². The molecule has 1 N–H and O–H groups in total. The largest absolute Gasteiger partial charge is 0.326 e. The summed E-state index contributed by atoms with van der Waals surface area (Å²) in [5, 5.41) is -0.112. The van der Waals surface area contributed by atoms with E-state index in [0.717, 1.165) is 6.42 Å². The van der Waals surface area contributed by atoms with Gasteiger partial charge in [0.15, 0.2) is 0 Å². The van der Waals surface area contributed by atoms with Gasteiger partial charge >= 0.3 is 0 Å². The first-order valence-corrected chi connectivity index (χ1v) is 8.01. The molecule has 0 aromatic carbocycles. The van der Waals surface area contributed by atoms with Gasteiger partial charge in [-0.15, -0.1) is 0 Å². The van der Waals surface area contributed by atoms with Crippen LogP contribution < -0.4 is 5.56 Å². The topological polar surface area (TPSA) is 70.2 Å². The molecule has 106 valence electrons. The Hall–Kier alpha value is -0.850. The van der Waals surface area contributed by atoms with E-state index in [2.05, 4.69) is 4.98 Å². The Morgan fingerprint density at radius 1 is 1.32 bits per heavy atom. The minimum absolute atomic E-state index is 0.0402. The molecule has 1 aliphatic rings. The maximum absolute atomic E-state index is 12.5. The number of aromatic nitrogens is 1. The van der Waals surface area contributed by atoms with Gasteiger partial charge in [0.2, 0.25) is 10.0 Å². The van der Waals surface area contributed by atoms with Crippen LogP contribution in [0.15, 0.2) is 22.0 Å². The molecule has 1 aliphatic heterocycles. The van der Waals surface area contributed by atoms with Crippen LogP contribution in [0.25, 0.3) is 0 Å². The molecule has 7 heteroatoms. The normalized spacial score (nSPS) is 25.4. The van der Waals surface area contributed by atoms with Crippen LogP contribution in [0.1, 0.15) is 20.3 Å². The zero-order valence-electron chi connectivity index (χ0n) is 10.9. The number of pyridine rings is 1. The van der Waals surface area contributed by atoms with Crippen LogP contribution in [0.3, 0.4) is 0 Å². The van der Waals surface area contributed by atoms with Gasteiger partial charge in [-0.1, -0.05) is 25.4 Å². The molecule has 2 unspecified atom stereocenters. The molecule has 0 radical (unpaired) electrons. The lowest BCUT2D eigenvalue weighted by atomic mass is 9.94. The van der Waals surface area contributed by atoms with E-state index in [9.17, 15) is 13.2 Å². The van der Waals surface area contributed by atoms with Gasteiger partial charge in [0.1, 0.15) is 5.02 Å². The van der Waals surface area contributed by atoms with Crippen molar-refractivity contribution in [1.82, 2.24) is 9.29 Å². The molecule has 1 aromatic heterocycles. The van der Waals surface area contributed by atoms with Crippen molar-refractivity contribution in [1.29, 1.82) is 0 Å². The Kier molecular flexibility index (Phi) is 4.03. The number of rotatable bonds is 2. The lowest BCUT2D eigenvalue weighted by Crippen LogP contribution is -2.42. The third kappa shape index (κ3) is 3.01. The van der Waals surface area contributed by atoms with Gasteiger partial charge in [-0.3, -0.25) is 4.79 Å². The molecule has 2 rings (SSSR count). The van der Waals surface area contributed by atoms with E-state index < -0.39 is 15.6 Å². The van der Waals surface area contributed by atoms with Gasteiger partial charge in [0, 0.05) is 19.3 Å². The van der Waals surface area contributed by atoms with Gasteiger partial charge in [0.05, 0.1) is 4.90 Å². The van der Waals surface area contributed by atoms with Crippen LogP contribution in [-0.4, -0.2) is 30.8 Å². The van der Waals surface area contributed by atoms with Gasteiger partial charge in [0.25, 0.3) is 5.56 Å². The summed E-state index contributed by atoms with van der Waals surface area (Å²) in [5.74, 6) is 0.661. The number of aromatic amines is 1. The summed E-state index contributed by atoms with van der Waals surface area (Å²) in [6, 6.07) is 1.21. The monoisotopic (exact) mass is 304 g/mol. The van der Waals surface area contributed by atoms with Crippen LogP contribution in [0.5, 0.6) is 0 Å². The number of hydrogen-bond donors (Lipinski definition) is 1. The second-order valence-corrected chi connectivity index (χ2v) is 7.63. The summed E-state index contributed by atoms with van der Waals surface area (Å²) in [5.41, 5.74) is -0.485. The fraction of sp³-hybridized carbons (Fsp3) is 0.583. The Morgan fingerprint density at radius 2 is 1.89 bits per heavy atom. The molecular formula is C12H17ClN2O3S. The van der Waals surface area contributed by atoms with Crippen LogP contribution in [-0.2, 0) is 10.0 Å². The zero-order chi connectivity index (χ0) is 14.2. The van der Waals surface area contributed by atoms with Gasteiger partial charge in [-0.05, 0) is 24.3 Å². The average molecular weight is 305 g/mol. The van der Waals surface area contributed by atoms with Crippen molar-refractivity contribution in [3.8, 4) is 0 Å². The smallest absolute Gasteiger partial charge is 0.266 e. The molecule has 0 aliphatic carbocycles. The maximum Gasteiger partial charge on any atom is 0.266 e. The van der Waals surface area contributed by atoms with Crippen molar-refractivity contribution >= 4 is 21.6 Å². The summed E-state index contributed by atoms with van der Waals surface area (Å²) in [4.78, 5) is 13.6. The Labute approximate surface area is 117 Å². The molecular weight excluding hydrogens is 288 g/mol. The molecule has 0 amide bonds. The molecule has 5 nitrogen and oxygen atoms in total. The summed E-state index contributed by atoms with van der Waals surface area (Å²) < 4.78 is 26.4. The quantitative estimate of drug-likeness (QED) is 0.904. The molecule has 1 aromatic rings. The zero-order valence-corrected chi connectivity index (χ0v) is 12.5. The lowest BCUT2D eigenvalue weighted by molar-refractivity contribution is 0.222. The summed E-state index contributed by atoms with van der Waals surface area (Å²) in [6.07, 6.45) is 2.23. The van der Waals surface area contributed by atoms with Crippen molar-refractivity contribution in [3.63, 3.8) is 0 Å². The number of halogens is 1. The van der Waals surface area contributed by atoms with Crippen molar-refractivity contribution < 1.29 is 8.42 Å². The standard InChI is InChI=1S/C12H17ClN2O3S/c1-8-3-9(2)7-15(6-8)19(17,18)10-4-11(13)12(16)14-5-10/h4-5,8-9H,3,6-7H2,1-2H3,(H,14,16). The van der Waals surface area contributed by atoms with Crippen molar-refractivity contribution in [2.45, 2.75) is 25.2 Å². The number of sulfonamides is 1. The van der Waals surface area contributed by atoms with E-state index in [-0.39, 0.29) is 9.92 Å². The predicted molar refractivity (Wildman–Crippen MR) is 73.8 cm³/mol. The van der Waals surface area contributed by atoms with Crippen LogP contribution in [0.2, 0.25) is 5.02 Å². The van der Waals surface area contributed by atoms with E-state index in [1.165, 1.54) is 16.6 Å². The molecule has 0 bridgehead atoms. The van der Waals surface area contributed by atoms with E-state index >= 15 is 0 Å². The highest BCUT2D eigenvalue weighted by Gasteiger charge is 2.31. The molecule has 1 fully saturated rings. The highest BCUT2D eigenvalue weighted by molar-refractivity contribution is 7.89. The number of hydrogen-bond acceptors (Lipinski definition) is 3. The average Bonchev–Trinajstić information content (AvgIpc) is 2.31. The Balaban J connectivity index is 2.36. The molecule has 0 saturated carbocycles. The van der Waals surface area contributed by atoms with E-state index in [0.29, 0.717) is 24.9 Å². The molecule has 1 saturated heterocycles. The van der Waals surface area contributed by atoms with Crippen LogP contribution in [0, 0.1) is 11.8 Å². The Morgan fingerprint density at radius 3 is 2.42 bits per heavy atom. The second kappa shape index (κ2) is 5.26. The summed E-state index contributed by atoms with van der Waals surface area (Å²) in [7, 11) is -3.59. The minimum atomic E-state index is -3.59. The molecule has 2 atom stereocenters. The molecule has 0 spiro atoms. The third-order valence-electron chi connectivity index (χ3n) is 3.30. The van der Waals surface area contributed by atoms with Gasteiger partial charge in [-0.25, -0.2) is 8.42 Å². The van der Waals surface area contributed by atoms with Crippen molar-refractivity contribution in [3.05, 3.63) is 27.6 Å². The molecule has 2 heterocycles. The van der Waals surface area contributed by atoms with Crippen LogP contribution in [0.4, 0.5) is 0 Å². The second-order valence-electron chi connectivity index (χ2n) is 5.28. The number of H-pyrrole nitrogens is 1. The first-order valence-electron chi connectivity index (χ1n) is 6.19. The maximum atomic E-state index is 12.5. The van der Waals surface area contributed by atoms with Gasteiger partial charge in [-0.2, -0.15) is 4.31 Å². The van der Waals surface area contributed by atoms with Crippen LogP contribution >= 0.6 is 11.6 Å². The first-order chi connectivity index (χ1) is 8.80. The lowest BCUT2D eigenvalue weighted by Gasteiger charge is -2.33. The number of nitrogens with one attached hydrogen (secondary N) is 1. The fourth-order valence-corrected chi connectivity index (χ4v) is 4.45.